The first-order valence-corrected chi connectivity index (χ1v) is 7.21. The lowest BCUT2D eigenvalue weighted by Crippen LogP contribution is -2.49. The number of nitrogens with one attached hydrogen (secondary N) is 1. The second kappa shape index (κ2) is 7.72. The van der Waals surface area contributed by atoms with Gasteiger partial charge in [0.25, 0.3) is 0 Å². The third kappa shape index (κ3) is 4.18. The number of piperazine rings is 1. The highest BCUT2D eigenvalue weighted by Crippen LogP contribution is 2.43. The van der Waals surface area contributed by atoms with Crippen molar-refractivity contribution < 1.29 is 23.0 Å². The van der Waals surface area contributed by atoms with Crippen LogP contribution in [0.25, 0.3) is 0 Å². The lowest BCUT2D eigenvalue weighted by molar-refractivity contribution is -0.187. The van der Waals surface area contributed by atoms with E-state index in [9.17, 15) is 18.3 Å². The van der Waals surface area contributed by atoms with E-state index in [1.165, 1.54) is 24.1 Å². The van der Waals surface area contributed by atoms with Crippen molar-refractivity contribution in [1.29, 1.82) is 0 Å². The van der Waals surface area contributed by atoms with Crippen LogP contribution in [0.2, 0.25) is 0 Å². The lowest BCUT2D eigenvalue weighted by Gasteiger charge is -2.36. The molecule has 1 aromatic carbocycles. The van der Waals surface area contributed by atoms with Gasteiger partial charge in [0.1, 0.15) is 6.04 Å². The van der Waals surface area contributed by atoms with Gasteiger partial charge in [-0.2, -0.15) is 13.2 Å². The molecule has 9 heteroatoms. The molecule has 126 valence electrons. The van der Waals surface area contributed by atoms with Crippen LogP contribution in [0, 0.1) is 0 Å². The second-order valence-corrected chi connectivity index (χ2v) is 5.64. The van der Waals surface area contributed by atoms with Crippen molar-refractivity contribution in [1.82, 2.24) is 10.2 Å². The van der Waals surface area contributed by atoms with E-state index in [4.69, 9.17) is 4.74 Å². The number of benzene rings is 1. The smallest absolute Gasteiger partial charge is 0.408 e. The number of halogens is 5. The molecule has 0 unspecified atom stereocenters. The van der Waals surface area contributed by atoms with E-state index in [0.717, 1.165) is 0 Å². The normalized spacial score (nSPS) is 17.7. The number of rotatable bonds is 3. The van der Waals surface area contributed by atoms with Gasteiger partial charge in [0, 0.05) is 26.2 Å². The molecule has 0 spiro atoms. The van der Waals surface area contributed by atoms with Crippen LogP contribution in [0.15, 0.2) is 16.6 Å². The quantitative estimate of drug-likeness (QED) is 0.811. The average molecular weight is 406 g/mol. The van der Waals surface area contributed by atoms with Crippen LogP contribution in [0.4, 0.5) is 13.2 Å². The third-order valence-electron chi connectivity index (χ3n) is 3.41. The average Bonchev–Trinajstić information content (AvgIpc) is 2.42. The first kappa shape index (κ1) is 19.3. The van der Waals surface area contributed by atoms with E-state index in [2.05, 4.69) is 21.2 Å². The minimum Gasteiger partial charge on any atom is -0.503 e. The summed E-state index contributed by atoms with van der Waals surface area (Å²) in [7, 11) is 1.30. The Morgan fingerprint density at radius 1 is 1.32 bits per heavy atom. The molecule has 2 rings (SSSR count). The minimum absolute atomic E-state index is 0. The fraction of sp³-hybridized carbons (Fsp3) is 0.538. The van der Waals surface area contributed by atoms with E-state index in [0.29, 0.717) is 26.2 Å². The van der Waals surface area contributed by atoms with Crippen molar-refractivity contribution in [3.8, 4) is 11.5 Å². The fourth-order valence-corrected chi connectivity index (χ4v) is 2.91. The Morgan fingerprint density at radius 2 is 1.91 bits per heavy atom. The number of nitrogens with zero attached hydrogens (tertiary/aromatic N) is 1. The van der Waals surface area contributed by atoms with Crippen LogP contribution in [0.3, 0.4) is 0 Å². The molecule has 0 amide bonds. The molecule has 1 saturated heterocycles. The molecule has 0 bridgehead atoms. The third-order valence-corrected chi connectivity index (χ3v) is 4.02. The zero-order valence-electron chi connectivity index (χ0n) is 11.8. The summed E-state index contributed by atoms with van der Waals surface area (Å²) in [4.78, 5) is 1.38. The van der Waals surface area contributed by atoms with Gasteiger partial charge in [-0.15, -0.1) is 12.4 Å². The summed E-state index contributed by atoms with van der Waals surface area (Å²) in [6, 6.07) is 0.809. The number of hydrogen-bond acceptors (Lipinski definition) is 4. The van der Waals surface area contributed by atoms with Crippen molar-refractivity contribution in [2.75, 3.05) is 33.3 Å². The Balaban J connectivity index is 0.00000242. The zero-order chi connectivity index (χ0) is 15.6. The Hall–Kier alpha value is -0.700. The van der Waals surface area contributed by atoms with Gasteiger partial charge in [0.05, 0.1) is 11.6 Å². The van der Waals surface area contributed by atoms with Crippen LogP contribution in [0.1, 0.15) is 11.6 Å². The summed E-state index contributed by atoms with van der Waals surface area (Å²) in [5.74, 6) is -0.189. The monoisotopic (exact) mass is 404 g/mol. The number of phenols is 1. The van der Waals surface area contributed by atoms with E-state index < -0.39 is 12.2 Å². The zero-order valence-corrected chi connectivity index (χ0v) is 14.2. The van der Waals surface area contributed by atoms with Gasteiger partial charge >= 0.3 is 6.18 Å². The summed E-state index contributed by atoms with van der Waals surface area (Å²) in [6.45, 7) is 1.65. The number of hydrogen-bond donors (Lipinski definition) is 2. The number of phenolic OH excluding ortho intramolecular Hbond substituents is 1. The Labute approximate surface area is 141 Å². The van der Waals surface area contributed by atoms with E-state index in [-0.39, 0.29) is 33.9 Å². The van der Waals surface area contributed by atoms with E-state index >= 15 is 0 Å². The molecule has 2 N–H and O–H groups in total. The van der Waals surface area contributed by atoms with Gasteiger partial charge in [0.2, 0.25) is 0 Å². The molecular weight excluding hydrogens is 389 g/mol. The van der Waals surface area contributed by atoms with Gasteiger partial charge in [0.15, 0.2) is 11.5 Å². The molecule has 1 heterocycles. The molecule has 1 fully saturated rings. The van der Waals surface area contributed by atoms with E-state index in [1.807, 2.05) is 0 Å². The molecule has 0 aromatic heterocycles. The summed E-state index contributed by atoms with van der Waals surface area (Å²) < 4.78 is 45.6. The summed E-state index contributed by atoms with van der Waals surface area (Å²) in [5, 5.41) is 12.8. The Bertz CT molecular complexity index is 511. The van der Waals surface area contributed by atoms with E-state index in [1.54, 1.807) is 0 Å². The summed E-state index contributed by atoms with van der Waals surface area (Å²) >= 11 is 3.07. The van der Waals surface area contributed by atoms with Crippen LogP contribution >= 0.6 is 28.3 Å². The second-order valence-electron chi connectivity index (χ2n) is 4.78. The first-order chi connectivity index (χ1) is 9.84. The van der Waals surface area contributed by atoms with Crippen LogP contribution in [0.5, 0.6) is 11.5 Å². The standard InChI is InChI=1S/C13H16BrF3N2O2.ClH/c1-21-10-7-8(6-9(14)11(10)20)12(13(15,16)17)19-4-2-18-3-5-19;/h6-7,12,18,20H,2-5H2,1H3;1H/t12-;/m0./s1. The van der Waals surface area contributed by atoms with Gasteiger partial charge in [-0.05, 0) is 33.6 Å². The molecule has 22 heavy (non-hydrogen) atoms. The highest BCUT2D eigenvalue weighted by molar-refractivity contribution is 9.10. The van der Waals surface area contributed by atoms with Crippen molar-refractivity contribution in [3.63, 3.8) is 0 Å². The summed E-state index contributed by atoms with van der Waals surface area (Å²) in [6.07, 6.45) is -4.40. The molecule has 0 saturated carbocycles. The molecule has 1 aliphatic heterocycles. The molecule has 1 aromatic rings. The van der Waals surface area contributed by atoms with Gasteiger partial charge in [-0.1, -0.05) is 0 Å². The maximum absolute atomic E-state index is 13.5. The molecule has 1 aliphatic rings. The van der Waals surface area contributed by atoms with Crippen LogP contribution in [-0.2, 0) is 0 Å². The maximum atomic E-state index is 13.5. The van der Waals surface area contributed by atoms with Gasteiger partial charge < -0.3 is 15.2 Å². The van der Waals surface area contributed by atoms with Crippen molar-refractivity contribution in [2.24, 2.45) is 0 Å². The largest absolute Gasteiger partial charge is 0.503 e. The first-order valence-electron chi connectivity index (χ1n) is 6.42. The molecular formula is C13H17BrClF3N2O2. The molecule has 1 atom stereocenters. The lowest BCUT2D eigenvalue weighted by atomic mass is 10.0. The number of ether oxygens (including phenoxy) is 1. The summed E-state index contributed by atoms with van der Waals surface area (Å²) in [5.41, 5.74) is 0.0472. The fourth-order valence-electron chi connectivity index (χ4n) is 2.45. The SMILES string of the molecule is COc1cc([C@H](N2CCNCC2)C(F)(F)F)cc(Br)c1O.Cl. The minimum atomic E-state index is -4.40. The predicted molar refractivity (Wildman–Crippen MR) is 82.8 cm³/mol. The highest BCUT2D eigenvalue weighted by atomic mass is 79.9. The van der Waals surface area contributed by atoms with Gasteiger partial charge in [-0.25, -0.2) is 0 Å². The Morgan fingerprint density at radius 3 is 2.41 bits per heavy atom. The predicted octanol–water partition coefficient (Wildman–Crippen LogP) is 3.09. The van der Waals surface area contributed by atoms with Crippen molar-refractivity contribution in [2.45, 2.75) is 12.2 Å². The molecule has 0 aliphatic carbocycles. The number of methoxy groups -OCH3 is 1. The van der Waals surface area contributed by atoms with Crippen LogP contribution < -0.4 is 10.1 Å². The Kier molecular flexibility index (Phi) is 6.79. The maximum Gasteiger partial charge on any atom is 0.408 e. The number of aromatic hydroxyl groups is 1. The highest BCUT2D eigenvalue weighted by Gasteiger charge is 2.45. The topological polar surface area (TPSA) is 44.7 Å². The van der Waals surface area contributed by atoms with Crippen LogP contribution in [-0.4, -0.2) is 49.5 Å². The molecule has 0 radical (unpaired) electrons. The van der Waals surface area contributed by atoms with Crippen molar-refractivity contribution in [3.05, 3.63) is 22.2 Å². The van der Waals surface area contributed by atoms with Gasteiger partial charge in [-0.3, -0.25) is 4.90 Å². The van der Waals surface area contributed by atoms with Crippen molar-refractivity contribution >= 4 is 28.3 Å². The number of alkyl halides is 3. The molecule has 4 nitrogen and oxygen atoms in total.